The Morgan fingerprint density at radius 2 is 1.96 bits per heavy atom. The fourth-order valence-corrected chi connectivity index (χ4v) is 2.64. The number of nitrogens with one attached hydrogen (secondary N) is 1. The van der Waals surface area contributed by atoms with Gasteiger partial charge in [-0.05, 0) is 38.0 Å². The summed E-state index contributed by atoms with van der Waals surface area (Å²) < 4.78 is 25.1. The largest absolute Gasteiger partial charge is 0.480 e. The fourth-order valence-electron chi connectivity index (χ4n) is 2.02. The minimum Gasteiger partial charge on any atom is -0.480 e. The molecular formula is C15H22N2O5S. The topological polar surface area (TPSA) is 104 Å². The molecule has 1 atom stereocenters. The van der Waals surface area contributed by atoms with Crippen molar-refractivity contribution < 1.29 is 23.1 Å². The number of benzene rings is 1. The van der Waals surface area contributed by atoms with Gasteiger partial charge in [0, 0.05) is 11.6 Å². The molecule has 8 heteroatoms. The second-order valence-corrected chi connectivity index (χ2v) is 7.24. The fraction of sp³-hybridized carbons (Fsp3) is 0.467. The monoisotopic (exact) mass is 342 g/mol. The first-order valence-electron chi connectivity index (χ1n) is 7.16. The molecule has 1 unspecified atom stereocenters. The smallest absolute Gasteiger partial charge is 0.323 e. The number of carboxylic acid groups (broad SMARTS) is 1. The van der Waals surface area contributed by atoms with E-state index in [-0.39, 0.29) is 11.6 Å². The predicted molar refractivity (Wildman–Crippen MR) is 88.1 cm³/mol. The molecule has 128 valence electrons. The molecule has 0 aliphatic rings. The molecule has 1 aromatic carbocycles. The van der Waals surface area contributed by atoms with Crippen LogP contribution in [0.3, 0.4) is 0 Å². The molecule has 0 fully saturated rings. The average Bonchev–Trinajstić information content (AvgIpc) is 2.44. The molecular weight excluding hydrogens is 320 g/mol. The highest BCUT2D eigenvalue weighted by Crippen LogP contribution is 2.20. The molecule has 1 aromatic rings. The Balaban J connectivity index is 3.19. The maximum absolute atomic E-state index is 12.6. The van der Waals surface area contributed by atoms with Gasteiger partial charge in [0.05, 0.1) is 11.9 Å². The molecule has 0 radical (unpaired) electrons. The second kappa shape index (κ2) is 7.45. The van der Waals surface area contributed by atoms with E-state index in [9.17, 15) is 18.0 Å². The van der Waals surface area contributed by atoms with Gasteiger partial charge in [-0.15, -0.1) is 0 Å². The summed E-state index contributed by atoms with van der Waals surface area (Å²) in [5.74, 6) is -1.54. The van der Waals surface area contributed by atoms with Gasteiger partial charge in [-0.1, -0.05) is 13.0 Å². The molecule has 23 heavy (non-hydrogen) atoms. The number of carbonyl (C=O) groups is 2. The highest BCUT2D eigenvalue weighted by molar-refractivity contribution is 7.92. The van der Waals surface area contributed by atoms with Crippen molar-refractivity contribution in [2.24, 2.45) is 0 Å². The molecule has 0 heterocycles. The Bertz CT molecular complexity index is 700. The minimum absolute atomic E-state index is 0.239. The van der Waals surface area contributed by atoms with Crippen molar-refractivity contribution in [1.29, 1.82) is 0 Å². The van der Waals surface area contributed by atoms with Gasteiger partial charge in [-0.2, -0.15) is 0 Å². The lowest BCUT2D eigenvalue weighted by Gasteiger charge is -2.27. The number of rotatable bonds is 7. The van der Waals surface area contributed by atoms with Crippen LogP contribution in [0.4, 0.5) is 5.69 Å². The van der Waals surface area contributed by atoms with Crippen LogP contribution in [0.5, 0.6) is 0 Å². The Morgan fingerprint density at radius 3 is 2.43 bits per heavy atom. The lowest BCUT2D eigenvalue weighted by molar-refractivity contribution is -0.138. The molecule has 2 N–H and O–H groups in total. The van der Waals surface area contributed by atoms with E-state index in [1.165, 1.54) is 11.0 Å². The second-order valence-electron chi connectivity index (χ2n) is 5.49. The van der Waals surface area contributed by atoms with E-state index >= 15 is 0 Å². The van der Waals surface area contributed by atoms with Crippen LogP contribution in [0, 0.1) is 6.92 Å². The average molecular weight is 342 g/mol. The number of amides is 1. The van der Waals surface area contributed by atoms with Crippen molar-refractivity contribution in [2.45, 2.75) is 33.2 Å². The van der Waals surface area contributed by atoms with Crippen LogP contribution in [0.1, 0.15) is 36.2 Å². The number of hydrogen-bond acceptors (Lipinski definition) is 4. The minimum atomic E-state index is -3.47. The normalized spacial score (nSPS) is 12.5. The molecule has 0 aromatic heterocycles. The van der Waals surface area contributed by atoms with Crippen LogP contribution in [0.25, 0.3) is 0 Å². The van der Waals surface area contributed by atoms with Crippen LogP contribution in [-0.2, 0) is 14.8 Å². The number of sulfonamides is 1. The summed E-state index contributed by atoms with van der Waals surface area (Å²) in [4.78, 5) is 24.8. The van der Waals surface area contributed by atoms with E-state index in [2.05, 4.69) is 4.72 Å². The van der Waals surface area contributed by atoms with Crippen LogP contribution in [0.15, 0.2) is 18.2 Å². The van der Waals surface area contributed by atoms with Gasteiger partial charge in [0.2, 0.25) is 10.0 Å². The predicted octanol–water partition coefficient (Wildman–Crippen LogP) is 1.69. The summed E-state index contributed by atoms with van der Waals surface area (Å²) in [5, 5.41) is 8.99. The number of hydrogen-bond donors (Lipinski definition) is 2. The Morgan fingerprint density at radius 1 is 1.35 bits per heavy atom. The Kier molecular flexibility index (Phi) is 6.14. The van der Waals surface area contributed by atoms with E-state index < -0.39 is 28.4 Å². The summed E-state index contributed by atoms with van der Waals surface area (Å²) in [6.45, 7) is 4.94. The Labute approximate surface area is 136 Å². The lowest BCUT2D eigenvalue weighted by atomic mass is 10.1. The van der Waals surface area contributed by atoms with Gasteiger partial charge in [0.25, 0.3) is 5.91 Å². The van der Waals surface area contributed by atoms with Crippen LogP contribution in [-0.4, -0.2) is 49.1 Å². The maximum atomic E-state index is 12.6. The van der Waals surface area contributed by atoms with E-state index in [1.807, 2.05) is 6.92 Å². The standard InChI is InChI=1S/C15H22N2O5S/c1-5-11(3)17(9-14(18)19)15(20)12-7-6-10(2)13(8-12)16-23(4,21)22/h6-8,11,16H,5,9H2,1-4H3,(H,18,19). The molecule has 1 amide bonds. The van der Waals surface area contributed by atoms with Crippen molar-refractivity contribution in [3.8, 4) is 0 Å². The highest BCUT2D eigenvalue weighted by atomic mass is 32.2. The van der Waals surface area contributed by atoms with E-state index in [4.69, 9.17) is 5.11 Å². The molecule has 0 saturated heterocycles. The van der Waals surface area contributed by atoms with Crippen molar-refractivity contribution in [3.63, 3.8) is 0 Å². The maximum Gasteiger partial charge on any atom is 0.323 e. The third-order valence-electron chi connectivity index (χ3n) is 3.47. The van der Waals surface area contributed by atoms with Gasteiger partial charge in [0.1, 0.15) is 6.54 Å². The van der Waals surface area contributed by atoms with Crippen molar-refractivity contribution in [3.05, 3.63) is 29.3 Å². The van der Waals surface area contributed by atoms with Crippen LogP contribution < -0.4 is 4.72 Å². The van der Waals surface area contributed by atoms with E-state index in [0.29, 0.717) is 17.7 Å². The number of nitrogens with zero attached hydrogens (tertiary/aromatic N) is 1. The van der Waals surface area contributed by atoms with Gasteiger partial charge in [-0.3, -0.25) is 14.3 Å². The molecule has 7 nitrogen and oxygen atoms in total. The molecule has 1 rings (SSSR count). The Hall–Kier alpha value is -2.09. The zero-order chi connectivity index (χ0) is 17.8. The van der Waals surface area contributed by atoms with E-state index in [0.717, 1.165) is 6.26 Å². The van der Waals surface area contributed by atoms with Gasteiger partial charge in [0.15, 0.2) is 0 Å². The molecule has 0 spiro atoms. The summed E-state index contributed by atoms with van der Waals surface area (Å²) in [6.07, 6.45) is 1.64. The van der Waals surface area contributed by atoms with E-state index in [1.54, 1.807) is 26.0 Å². The summed E-state index contributed by atoms with van der Waals surface area (Å²) in [6, 6.07) is 4.36. The van der Waals surface area contributed by atoms with Gasteiger partial charge >= 0.3 is 5.97 Å². The van der Waals surface area contributed by atoms with Crippen molar-refractivity contribution in [1.82, 2.24) is 4.90 Å². The zero-order valence-corrected chi connectivity index (χ0v) is 14.5. The molecule has 0 aliphatic carbocycles. The molecule has 0 aliphatic heterocycles. The highest BCUT2D eigenvalue weighted by Gasteiger charge is 2.23. The van der Waals surface area contributed by atoms with Crippen molar-refractivity contribution >= 4 is 27.6 Å². The quantitative estimate of drug-likeness (QED) is 0.785. The summed E-state index contributed by atoms with van der Waals surface area (Å²) in [7, 11) is -3.47. The number of aliphatic carboxylic acids is 1. The lowest BCUT2D eigenvalue weighted by Crippen LogP contribution is -2.41. The number of carbonyl (C=O) groups excluding carboxylic acids is 1. The first-order valence-corrected chi connectivity index (χ1v) is 9.05. The first-order chi connectivity index (χ1) is 10.5. The summed E-state index contributed by atoms with van der Waals surface area (Å²) >= 11 is 0. The molecule has 0 saturated carbocycles. The SMILES string of the molecule is CCC(C)N(CC(=O)O)C(=O)c1ccc(C)c(NS(C)(=O)=O)c1. The number of anilines is 1. The van der Waals surface area contributed by atoms with Crippen LogP contribution >= 0.6 is 0 Å². The van der Waals surface area contributed by atoms with Crippen LogP contribution in [0.2, 0.25) is 0 Å². The first kappa shape index (κ1) is 19.0. The molecule has 0 bridgehead atoms. The third-order valence-corrected chi connectivity index (χ3v) is 4.06. The van der Waals surface area contributed by atoms with Gasteiger partial charge in [-0.25, -0.2) is 8.42 Å². The van der Waals surface area contributed by atoms with Crippen molar-refractivity contribution in [2.75, 3.05) is 17.5 Å². The summed E-state index contributed by atoms with van der Waals surface area (Å²) in [5.41, 5.74) is 1.21. The zero-order valence-electron chi connectivity index (χ0n) is 13.7. The number of carboxylic acids is 1. The van der Waals surface area contributed by atoms with Gasteiger partial charge < -0.3 is 10.0 Å². The number of aryl methyl sites for hydroxylation is 1. The third kappa shape index (κ3) is 5.55.